The zero-order valence-electron chi connectivity index (χ0n) is 14.7. The summed E-state index contributed by atoms with van der Waals surface area (Å²) in [5, 5.41) is 0.524. The summed E-state index contributed by atoms with van der Waals surface area (Å²) < 4.78 is 46.2. The van der Waals surface area contributed by atoms with Gasteiger partial charge in [-0.15, -0.1) is 11.3 Å². The molecule has 0 radical (unpaired) electrons. The zero-order valence-corrected chi connectivity index (χ0v) is 15.5. The second-order valence-electron chi connectivity index (χ2n) is 6.15. The second-order valence-corrected chi connectivity index (χ2v) is 7.27. The highest BCUT2D eigenvalue weighted by molar-refractivity contribution is 7.18. The second kappa shape index (κ2) is 6.90. The summed E-state index contributed by atoms with van der Waals surface area (Å²) in [6.45, 7) is 2.05. The van der Waals surface area contributed by atoms with Crippen LogP contribution in [-0.4, -0.2) is 14.5 Å². The van der Waals surface area contributed by atoms with E-state index in [4.69, 9.17) is 4.42 Å². The summed E-state index contributed by atoms with van der Waals surface area (Å²) >= 11 is 1.47. The standard InChI is InChI=1S/C19H14F3N3O2S/c1-2-12-7-14-17(28-12)23-10-25(18(14)26)8-11-9-27-16(24-11)13-5-3-4-6-15(13)19(20,21)22/h3-7,9-10H,2,8H2,1H3. The summed E-state index contributed by atoms with van der Waals surface area (Å²) in [4.78, 5) is 22.8. The van der Waals surface area contributed by atoms with Crippen molar-refractivity contribution in [2.24, 2.45) is 0 Å². The fourth-order valence-electron chi connectivity index (χ4n) is 2.89. The van der Waals surface area contributed by atoms with Gasteiger partial charge < -0.3 is 4.42 Å². The smallest absolute Gasteiger partial charge is 0.417 e. The number of nitrogens with zero attached hydrogens (tertiary/aromatic N) is 3. The van der Waals surface area contributed by atoms with Gasteiger partial charge in [0.2, 0.25) is 5.89 Å². The Labute approximate surface area is 161 Å². The number of benzene rings is 1. The SMILES string of the molecule is CCc1cc2c(=O)n(Cc3coc(-c4ccccc4C(F)(F)F)n3)cnc2s1. The van der Waals surface area contributed by atoms with Crippen molar-refractivity contribution in [2.45, 2.75) is 26.1 Å². The van der Waals surface area contributed by atoms with E-state index >= 15 is 0 Å². The Bertz CT molecular complexity index is 1210. The highest BCUT2D eigenvalue weighted by Crippen LogP contribution is 2.36. The third-order valence-electron chi connectivity index (χ3n) is 4.26. The largest absolute Gasteiger partial charge is 0.444 e. The van der Waals surface area contributed by atoms with Gasteiger partial charge in [-0.3, -0.25) is 9.36 Å². The summed E-state index contributed by atoms with van der Waals surface area (Å²) in [6, 6.07) is 6.89. The summed E-state index contributed by atoms with van der Waals surface area (Å²) in [5.41, 5.74) is -0.857. The molecule has 0 unspecified atom stereocenters. The van der Waals surface area contributed by atoms with Gasteiger partial charge in [-0.1, -0.05) is 19.1 Å². The molecule has 0 aliphatic rings. The quantitative estimate of drug-likeness (QED) is 0.492. The molecule has 1 aromatic carbocycles. The predicted octanol–water partition coefficient (Wildman–Crippen LogP) is 4.74. The van der Waals surface area contributed by atoms with Gasteiger partial charge in [-0.25, -0.2) is 9.97 Å². The maximum absolute atomic E-state index is 13.2. The van der Waals surface area contributed by atoms with Crippen molar-refractivity contribution in [1.29, 1.82) is 0 Å². The van der Waals surface area contributed by atoms with Crippen molar-refractivity contribution < 1.29 is 17.6 Å². The third-order valence-corrected chi connectivity index (χ3v) is 5.45. The zero-order chi connectivity index (χ0) is 19.9. The molecule has 0 aliphatic carbocycles. The van der Waals surface area contributed by atoms with Crippen molar-refractivity contribution in [3.63, 3.8) is 0 Å². The minimum atomic E-state index is -4.52. The van der Waals surface area contributed by atoms with E-state index in [1.165, 1.54) is 46.7 Å². The maximum atomic E-state index is 13.2. The minimum Gasteiger partial charge on any atom is -0.444 e. The molecule has 9 heteroatoms. The lowest BCUT2D eigenvalue weighted by molar-refractivity contribution is -0.137. The van der Waals surface area contributed by atoms with Crippen molar-refractivity contribution in [3.05, 3.63) is 69.4 Å². The lowest BCUT2D eigenvalue weighted by atomic mass is 10.1. The molecule has 4 rings (SSSR count). The average molecular weight is 405 g/mol. The summed E-state index contributed by atoms with van der Waals surface area (Å²) in [5.74, 6) is -0.145. The van der Waals surface area contributed by atoms with E-state index in [0.29, 0.717) is 15.9 Å². The van der Waals surface area contributed by atoms with E-state index in [-0.39, 0.29) is 23.6 Å². The van der Waals surface area contributed by atoms with Gasteiger partial charge in [0.1, 0.15) is 11.1 Å². The Balaban J connectivity index is 1.68. The van der Waals surface area contributed by atoms with Crippen LogP contribution >= 0.6 is 11.3 Å². The van der Waals surface area contributed by atoms with E-state index in [1.807, 2.05) is 13.0 Å². The number of halogens is 3. The molecular weight excluding hydrogens is 391 g/mol. The molecule has 28 heavy (non-hydrogen) atoms. The van der Waals surface area contributed by atoms with E-state index < -0.39 is 11.7 Å². The van der Waals surface area contributed by atoms with Crippen LogP contribution in [0.25, 0.3) is 21.7 Å². The first-order valence-electron chi connectivity index (χ1n) is 8.45. The van der Waals surface area contributed by atoms with Gasteiger partial charge in [-0.05, 0) is 24.6 Å². The molecule has 3 aromatic heterocycles. The van der Waals surface area contributed by atoms with Crippen molar-refractivity contribution >= 4 is 21.6 Å². The fourth-order valence-corrected chi connectivity index (χ4v) is 3.82. The number of hydrogen-bond acceptors (Lipinski definition) is 5. The summed E-state index contributed by atoms with van der Waals surface area (Å²) in [6.07, 6.45) is -1.04. The minimum absolute atomic E-state index is 0.0523. The highest BCUT2D eigenvalue weighted by Gasteiger charge is 2.34. The number of aromatic nitrogens is 3. The monoisotopic (exact) mass is 405 g/mol. The van der Waals surface area contributed by atoms with Crippen LogP contribution in [0.2, 0.25) is 0 Å². The lowest BCUT2D eigenvalue weighted by Gasteiger charge is -2.09. The molecule has 0 atom stereocenters. The molecule has 0 saturated carbocycles. The Morgan fingerprint density at radius 1 is 1.25 bits per heavy atom. The Hall–Kier alpha value is -2.94. The van der Waals surface area contributed by atoms with Gasteiger partial charge in [0.25, 0.3) is 5.56 Å². The lowest BCUT2D eigenvalue weighted by Crippen LogP contribution is -2.20. The molecule has 3 heterocycles. The van der Waals surface area contributed by atoms with Crippen LogP contribution in [0, 0.1) is 0 Å². The molecule has 144 valence electrons. The molecule has 0 bridgehead atoms. The molecule has 5 nitrogen and oxygen atoms in total. The fraction of sp³-hybridized carbons (Fsp3) is 0.211. The number of oxazole rings is 1. The Morgan fingerprint density at radius 2 is 2.04 bits per heavy atom. The van der Waals surface area contributed by atoms with Crippen molar-refractivity contribution in [3.8, 4) is 11.5 Å². The number of aryl methyl sites for hydroxylation is 1. The number of hydrogen-bond donors (Lipinski definition) is 0. The first-order valence-corrected chi connectivity index (χ1v) is 9.27. The van der Waals surface area contributed by atoms with Crippen LogP contribution in [0.15, 0.2) is 52.1 Å². The topological polar surface area (TPSA) is 60.9 Å². The Kier molecular flexibility index (Phi) is 4.54. The molecule has 0 aliphatic heterocycles. The van der Waals surface area contributed by atoms with Gasteiger partial charge in [0.15, 0.2) is 0 Å². The number of thiophene rings is 1. The Morgan fingerprint density at radius 3 is 2.79 bits per heavy atom. The van der Waals surface area contributed by atoms with E-state index in [9.17, 15) is 18.0 Å². The van der Waals surface area contributed by atoms with E-state index in [2.05, 4.69) is 9.97 Å². The van der Waals surface area contributed by atoms with E-state index in [1.54, 1.807) is 0 Å². The average Bonchev–Trinajstić information content (AvgIpc) is 3.30. The first-order chi connectivity index (χ1) is 13.4. The number of fused-ring (bicyclic) bond motifs is 1. The van der Waals surface area contributed by atoms with Crippen LogP contribution in [0.3, 0.4) is 0 Å². The van der Waals surface area contributed by atoms with Crippen LogP contribution in [0.4, 0.5) is 13.2 Å². The van der Waals surface area contributed by atoms with Crippen molar-refractivity contribution in [2.75, 3.05) is 0 Å². The first kappa shape index (κ1) is 18.4. The summed E-state index contributed by atoms with van der Waals surface area (Å²) in [7, 11) is 0. The molecule has 0 N–H and O–H groups in total. The molecule has 0 amide bonds. The third kappa shape index (κ3) is 3.33. The molecule has 4 aromatic rings. The van der Waals surface area contributed by atoms with Gasteiger partial charge >= 0.3 is 6.18 Å². The van der Waals surface area contributed by atoms with Crippen molar-refractivity contribution in [1.82, 2.24) is 14.5 Å². The van der Waals surface area contributed by atoms with Gasteiger partial charge in [0.05, 0.1) is 29.5 Å². The van der Waals surface area contributed by atoms with Gasteiger partial charge in [-0.2, -0.15) is 13.2 Å². The van der Waals surface area contributed by atoms with Crippen LogP contribution in [-0.2, 0) is 19.1 Å². The number of alkyl halides is 3. The predicted molar refractivity (Wildman–Crippen MR) is 99.3 cm³/mol. The molecular formula is C19H14F3N3O2S. The van der Waals surface area contributed by atoms with Gasteiger partial charge in [0, 0.05) is 10.4 Å². The number of rotatable bonds is 4. The molecule has 0 fully saturated rings. The molecule has 0 spiro atoms. The normalized spacial score (nSPS) is 12.0. The van der Waals surface area contributed by atoms with Crippen LogP contribution in [0.1, 0.15) is 23.1 Å². The molecule has 0 saturated heterocycles. The van der Waals surface area contributed by atoms with E-state index in [0.717, 1.165) is 17.4 Å². The maximum Gasteiger partial charge on any atom is 0.417 e. The van der Waals surface area contributed by atoms with Crippen LogP contribution in [0.5, 0.6) is 0 Å². The van der Waals surface area contributed by atoms with Crippen LogP contribution < -0.4 is 5.56 Å². The highest BCUT2D eigenvalue weighted by atomic mass is 32.1.